The van der Waals surface area contributed by atoms with Gasteiger partial charge in [0.15, 0.2) is 11.5 Å². The van der Waals surface area contributed by atoms with Gasteiger partial charge in [0.25, 0.3) is 32.1 Å². The number of thioether (sulfide) groups is 2. The molecule has 0 bridgehead atoms. The van der Waals surface area contributed by atoms with E-state index in [0.717, 1.165) is 24.3 Å². The smallest absolute Gasteiger partial charge is 0.304 e. The maximum atomic E-state index is 13.5. The Kier molecular flexibility index (Phi) is 24.7. The van der Waals surface area contributed by atoms with E-state index in [1.807, 2.05) is 0 Å². The van der Waals surface area contributed by atoms with Crippen LogP contribution in [0.25, 0.3) is 34.0 Å². The summed E-state index contributed by atoms with van der Waals surface area (Å²) in [5, 5.41) is 46.0. The van der Waals surface area contributed by atoms with Crippen molar-refractivity contribution in [1.29, 1.82) is 0 Å². The third-order valence-electron chi connectivity index (χ3n) is 9.37. The first-order chi connectivity index (χ1) is 30.3. The number of amides is 2. The molecule has 336 valence electrons. The molecule has 18 nitrogen and oxygen atoms in total. The second kappa shape index (κ2) is 27.3. The largest absolute Gasteiger partial charge is 0.505 e. The molecule has 0 fully saturated rings. The molecule has 0 unspecified atom stereocenters. The van der Waals surface area contributed by atoms with Gasteiger partial charge < -0.3 is 31.1 Å². The zero-order valence-corrected chi connectivity index (χ0v) is 48.2. The normalized spacial score (nSPS) is 11.1. The molecule has 2 heterocycles. The number of hydrogen-bond donors (Lipinski definition) is 8. The van der Waals surface area contributed by atoms with Gasteiger partial charge in [0, 0.05) is 176 Å². The summed E-state index contributed by atoms with van der Waals surface area (Å²) in [6.07, 6.45) is 4.85. The number of aromatic nitrogens is 2. The second-order valence-corrected chi connectivity index (χ2v) is 18.7. The van der Waals surface area contributed by atoms with Crippen molar-refractivity contribution in [2.45, 2.75) is 34.1 Å². The molecule has 0 spiro atoms. The van der Waals surface area contributed by atoms with E-state index in [-0.39, 0.29) is 199 Å². The van der Waals surface area contributed by atoms with Gasteiger partial charge in [-0.2, -0.15) is 40.4 Å². The van der Waals surface area contributed by atoms with E-state index in [1.165, 1.54) is 72.3 Å². The van der Waals surface area contributed by atoms with Crippen LogP contribution >= 0.6 is 23.5 Å². The number of hydrogen-bond acceptors (Lipinski definition) is 14. The minimum absolute atomic E-state index is 0. The summed E-state index contributed by atoms with van der Waals surface area (Å²) in [5.41, 5.74) is 0.235. The number of nitrogens with one attached hydrogen (secondary N) is 2. The van der Waals surface area contributed by atoms with Crippen molar-refractivity contribution >= 4 is 231 Å². The van der Waals surface area contributed by atoms with Gasteiger partial charge in [-0.1, -0.05) is 36.4 Å². The van der Waals surface area contributed by atoms with Gasteiger partial charge in [0.05, 0.1) is 24.0 Å². The van der Waals surface area contributed by atoms with Gasteiger partial charge in [-0.3, -0.25) is 38.3 Å². The number of carboxylic acids is 2. The predicted octanol–water partition coefficient (Wildman–Crippen LogP) is 5.26. The molecule has 0 aliphatic carbocycles. The number of rotatable bonds is 18. The molecule has 26 heteroatoms. The van der Waals surface area contributed by atoms with Crippen LogP contribution in [0.3, 0.4) is 0 Å². The van der Waals surface area contributed by atoms with Crippen molar-refractivity contribution in [2.24, 2.45) is 0 Å². The van der Waals surface area contributed by atoms with Crippen LogP contribution in [0.15, 0.2) is 95.0 Å². The summed E-state index contributed by atoms with van der Waals surface area (Å²) in [7, 11) is -10.0. The molecule has 6 rings (SSSR count). The minimum Gasteiger partial charge on any atom is -0.505 e. The molecule has 4 radical (unpaired) electrons. The molecule has 8 N–H and O–H groups in total. The quantitative estimate of drug-likeness (QED) is 0.0236. The van der Waals surface area contributed by atoms with Crippen LogP contribution in [0.1, 0.15) is 55.8 Å². The van der Waals surface area contributed by atoms with Crippen LogP contribution in [0.4, 0.5) is 11.4 Å². The maximum absolute atomic E-state index is 13.5. The summed E-state index contributed by atoms with van der Waals surface area (Å²) in [6, 6.07) is 16.2. The summed E-state index contributed by atoms with van der Waals surface area (Å²) >= 11 is 2.57. The summed E-state index contributed by atoms with van der Waals surface area (Å²) in [5.74, 6) is -3.56. The molecule has 0 aliphatic heterocycles. The zero-order valence-electron chi connectivity index (χ0n) is 37.0. The van der Waals surface area contributed by atoms with Crippen molar-refractivity contribution < 1.29 is 65.5 Å². The van der Waals surface area contributed by atoms with Crippen molar-refractivity contribution in [3.8, 4) is 11.5 Å². The third kappa shape index (κ3) is 16.0. The number of carbonyl (C=O) groups is 4. The molecular formula is C42H36N4Na4O14S4. The topological polar surface area (TPSA) is 308 Å². The predicted molar refractivity (Wildman–Crippen MR) is 264 cm³/mol. The summed E-state index contributed by atoms with van der Waals surface area (Å²) < 4.78 is 70.7. The average molecular weight is 1040 g/mol. The van der Waals surface area contributed by atoms with E-state index in [9.17, 15) is 55.3 Å². The Morgan fingerprint density at radius 2 is 0.941 bits per heavy atom. The van der Waals surface area contributed by atoms with E-state index >= 15 is 0 Å². The first kappa shape index (κ1) is 61.6. The van der Waals surface area contributed by atoms with Gasteiger partial charge in [0.2, 0.25) is 0 Å². The monoisotopic (exact) mass is 1040 g/mol. The standard InChI is InChI=1S/C42H36N4O14S4.4Na/c47-35(48)11-15-61-21-25-17-31(39(51)37-29(25)3-1-13-43-37)41(53)45-27-9-7-23(33(19-27)63(55,56)57)5-6-24-8-10-28(20-34(24)64(58,59)60)46-42(54)32-18-26(22-62-16-12-36(49)50)30-4-2-14-44-38(30)40(32)52;;;;/h1-10,13-14,17-20,51-52H,11-12,15-16,21-22H2,(H,45,53)(H,46,54)(H,47,48)(H,49,50)(H,55,56,57)(H,58,59,60);;;;. The number of aliphatic carboxylic acids is 2. The molecule has 6 aromatic rings. The molecule has 0 saturated heterocycles. The molecule has 2 aromatic heterocycles. The Hall–Kier alpha value is -2.56. The van der Waals surface area contributed by atoms with Crippen LogP contribution in [0.5, 0.6) is 11.5 Å². The van der Waals surface area contributed by atoms with Crippen molar-refractivity contribution in [3.05, 3.63) is 119 Å². The average Bonchev–Trinajstić information content (AvgIpc) is 3.24. The number of aromatic hydroxyl groups is 2. The van der Waals surface area contributed by atoms with E-state index in [2.05, 4.69) is 20.6 Å². The van der Waals surface area contributed by atoms with Crippen LogP contribution in [0, 0.1) is 0 Å². The molecular weight excluding hydrogens is 1000 g/mol. The van der Waals surface area contributed by atoms with E-state index in [1.54, 1.807) is 24.3 Å². The number of carbonyl (C=O) groups excluding carboxylic acids is 2. The summed E-state index contributed by atoms with van der Waals surface area (Å²) in [6.45, 7) is 0. The zero-order chi connectivity index (χ0) is 46.3. The number of pyridine rings is 2. The molecule has 0 saturated carbocycles. The second-order valence-electron chi connectivity index (χ2n) is 13.8. The third-order valence-corrected chi connectivity index (χ3v) is 13.2. The summed E-state index contributed by atoms with van der Waals surface area (Å²) in [4.78, 5) is 55.9. The Labute approximate surface area is 486 Å². The molecule has 0 atom stereocenters. The molecule has 2 amide bonds. The van der Waals surface area contributed by atoms with Crippen molar-refractivity contribution in [2.75, 3.05) is 22.1 Å². The first-order valence-electron chi connectivity index (χ1n) is 18.6. The fraction of sp³-hybridized carbons (Fsp3) is 0.143. The van der Waals surface area contributed by atoms with Gasteiger partial charge in [-0.05, 0) is 70.8 Å². The number of nitrogens with zero attached hydrogens (tertiary/aromatic N) is 2. The van der Waals surface area contributed by atoms with E-state index in [0.29, 0.717) is 21.9 Å². The van der Waals surface area contributed by atoms with Crippen molar-refractivity contribution in [1.82, 2.24) is 9.97 Å². The van der Waals surface area contributed by atoms with Gasteiger partial charge in [-0.15, -0.1) is 0 Å². The Morgan fingerprint density at radius 1 is 0.574 bits per heavy atom. The van der Waals surface area contributed by atoms with Crippen LogP contribution in [-0.2, 0) is 41.3 Å². The minimum atomic E-state index is -5.01. The number of carboxylic acid groups (broad SMARTS) is 2. The number of fused-ring (bicyclic) bond motifs is 2. The number of benzene rings is 4. The van der Waals surface area contributed by atoms with E-state index < -0.39 is 65.3 Å². The van der Waals surface area contributed by atoms with E-state index in [4.69, 9.17) is 10.2 Å². The van der Waals surface area contributed by atoms with Crippen LogP contribution < -0.4 is 10.6 Å². The first-order valence-corrected chi connectivity index (χ1v) is 23.8. The molecule has 4 aromatic carbocycles. The molecule has 0 aliphatic rings. The SMILES string of the molecule is O=C(O)CCSCc1cc(C(=O)Nc2ccc(C=Cc3ccc(NC(=O)c4cc(CSCCC(=O)O)c5cccnc5c4O)cc3S(=O)(=O)O)c(S(=O)(=O)O)c2)c(O)c2ncccc12.[Na].[Na].[Na].[Na]. The fourth-order valence-electron chi connectivity index (χ4n) is 6.39. The molecule has 68 heavy (non-hydrogen) atoms. The number of phenols is 2. The number of anilines is 2. The van der Waals surface area contributed by atoms with Crippen LogP contribution in [0.2, 0.25) is 0 Å². The Morgan fingerprint density at radius 3 is 1.28 bits per heavy atom. The van der Waals surface area contributed by atoms with Gasteiger partial charge in [-0.25, -0.2) is 0 Å². The van der Waals surface area contributed by atoms with Crippen molar-refractivity contribution in [3.63, 3.8) is 0 Å². The number of phenolic OH excluding ortho intramolecular Hbond substituents is 2. The van der Waals surface area contributed by atoms with Crippen LogP contribution in [-0.4, -0.2) is 210 Å². The Bertz CT molecular complexity index is 2920. The van der Waals surface area contributed by atoms with Gasteiger partial charge >= 0.3 is 11.9 Å². The fourth-order valence-corrected chi connectivity index (χ4v) is 9.66. The Balaban J connectivity index is 0.00000397. The van der Waals surface area contributed by atoms with Gasteiger partial charge in [0.1, 0.15) is 20.8 Å². The maximum Gasteiger partial charge on any atom is 0.304 e.